The molecule has 2 bridgehead atoms. The van der Waals surface area contributed by atoms with Crippen LogP contribution >= 0.6 is 0 Å². The van der Waals surface area contributed by atoms with Crippen LogP contribution in [0.2, 0.25) is 0 Å². The fourth-order valence-corrected chi connectivity index (χ4v) is 5.53. The van der Waals surface area contributed by atoms with Gasteiger partial charge in [-0.25, -0.2) is 19.3 Å². The van der Waals surface area contributed by atoms with Crippen LogP contribution in [-0.4, -0.2) is 26.0 Å². The third-order valence-corrected chi connectivity index (χ3v) is 7.35. The minimum atomic E-state index is -4.41. The highest BCUT2D eigenvalue weighted by Gasteiger charge is 2.36. The lowest BCUT2D eigenvalue weighted by Crippen LogP contribution is -2.40. The normalized spacial score (nSPS) is 22.0. The molecule has 7 rings (SSSR count). The van der Waals surface area contributed by atoms with Crippen LogP contribution in [0.15, 0.2) is 48.8 Å². The summed E-state index contributed by atoms with van der Waals surface area (Å²) in [4.78, 5) is 16.5. The zero-order valence-corrected chi connectivity index (χ0v) is 18.7. The number of pyridine rings is 1. The number of hydrogen-bond acceptors (Lipinski definition) is 4. The Morgan fingerprint density at radius 1 is 0.971 bits per heavy atom. The van der Waals surface area contributed by atoms with Crippen molar-refractivity contribution in [2.75, 3.05) is 5.32 Å². The molecule has 3 fully saturated rings. The molecule has 0 aliphatic heterocycles. The fraction of sp³-hybridized carbons (Fsp3) is 0.346. The topological polar surface area (TPSA) is 66.5 Å². The SMILES string of the molecule is Fc1cnc2[nH]cc(-c3nc(NC4CC5CCC4CC5)cc(-c4ccc(C(F)(F)F)cc4)n3)c2c1. The van der Waals surface area contributed by atoms with Crippen molar-refractivity contribution in [2.24, 2.45) is 11.8 Å². The van der Waals surface area contributed by atoms with Gasteiger partial charge in [0, 0.05) is 34.8 Å². The number of rotatable bonds is 4. The summed E-state index contributed by atoms with van der Waals surface area (Å²) in [5.74, 6) is 1.79. The minimum Gasteiger partial charge on any atom is -0.367 e. The first-order valence-corrected chi connectivity index (χ1v) is 11.8. The molecule has 0 spiro atoms. The number of halogens is 4. The van der Waals surface area contributed by atoms with Gasteiger partial charge in [0.15, 0.2) is 5.82 Å². The van der Waals surface area contributed by atoms with Crippen LogP contribution in [0.1, 0.15) is 37.7 Å². The van der Waals surface area contributed by atoms with Gasteiger partial charge in [0.25, 0.3) is 0 Å². The Kier molecular flexibility index (Phi) is 5.23. The number of nitrogens with one attached hydrogen (secondary N) is 2. The van der Waals surface area contributed by atoms with Gasteiger partial charge in [-0.15, -0.1) is 0 Å². The standard InChI is InChI=1S/C26H23F4N5/c27-18-10-19-20(13-32-24(19)31-12-18)25-34-22(16-5-7-17(8-6-16)26(28,29)30)11-23(35-25)33-21-9-14-1-3-15(21)4-2-14/h5-8,10-15,21H,1-4,9H2,(H,31,32)(H,33,34,35). The van der Waals surface area contributed by atoms with Gasteiger partial charge in [-0.05, 0) is 49.3 Å². The van der Waals surface area contributed by atoms with Gasteiger partial charge in [0.1, 0.15) is 17.3 Å². The first-order valence-electron chi connectivity index (χ1n) is 11.8. The van der Waals surface area contributed by atoms with E-state index in [2.05, 4.69) is 20.3 Å². The van der Waals surface area contributed by atoms with Crippen molar-refractivity contribution in [3.8, 4) is 22.6 Å². The lowest BCUT2D eigenvalue weighted by Gasteiger charge is -2.42. The van der Waals surface area contributed by atoms with E-state index in [1.807, 2.05) is 0 Å². The number of aromatic amines is 1. The summed E-state index contributed by atoms with van der Waals surface area (Å²) < 4.78 is 53.2. The van der Waals surface area contributed by atoms with E-state index in [1.165, 1.54) is 43.9 Å². The third kappa shape index (κ3) is 4.24. The van der Waals surface area contributed by atoms with Crippen LogP contribution in [0, 0.1) is 17.7 Å². The van der Waals surface area contributed by atoms with Crippen molar-refractivity contribution in [1.82, 2.24) is 19.9 Å². The van der Waals surface area contributed by atoms with Gasteiger partial charge in [-0.1, -0.05) is 25.0 Å². The molecule has 0 amide bonds. The van der Waals surface area contributed by atoms with Crippen molar-refractivity contribution in [3.05, 3.63) is 60.2 Å². The van der Waals surface area contributed by atoms with E-state index in [9.17, 15) is 17.6 Å². The molecular weight excluding hydrogens is 458 g/mol. The smallest absolute Gasteiger partial charge is 0.367 e. The number of hydrogen-bond donors (Lipinski definition) is 2. The fourth-order valence-electron chi connectivity index (χ4n) is 5.53. The number of nitrogens with zero attached hydrogens (tertiary/aromatic N) is 3. The number of fused-ring (bicyclic) bond motifs is 4. The number of alkyl halides is 3. The Balaban J connectivity index is 1.43. The van der Waals surface area contributed by atoms with Crippen molar-refractivity contribution in [3.63, 3.8) is 0 Å². The molecule has 4 aromatic rings. The summed E-state index contributed by atoms with van der Waals surface area (Å²) in [5.41, 5.74) is 1.40. The van der Waals surface area contributed by atoms with E-state index >= 15 is 0 Å². The van der Waals surface area contributed by atoms with Gasteiger partial charge >= 0.3 is 6.18 Å². The van der Waals surface area contributed by atoms with Gasteiger partial charge in [0.05, 0.1) is 17.5 Å². The van der Waals surface area contributed by atoms with Gasteiger partial charge < -0.3 is 10.3 Å². The summed E-state index contributed by atoms with van der Waals surface area (Å²) in [6, 6.07) is 8.38. The van der Waals surface area contributed by atoms with E-state index in [0.717, 1.165) is 30.7 Å². The number of anilines is 1. The van der Waals surface area contributed by atoms with Crippen LogP contribution in [-0.2, 0) is 6.18 Å². The maximum Gasteiger partial charge on any atom is 0.416 e. The number of benzene rings is 1. The molecule has 35 heavy (non-hydrogen) atoms. The van der Waals surface area contributed by atoms with Crippen molar-refractivity contribution >= 4 is 16.9 Å². The predicted molar refractivity (Wildman–Crippen MR) is 125 cm³/mol. The van der Waals surface area contributed by atoms with Crippen molar-refractivity contribution in [1.29, 1.82) is 0 Å². The lowest BCUT2D eigenvalue weighted by molar-refractivity contribution is -0.137. The molecule has 3 heterocycles. The summed E-state index contributed by atoms with van der Waals surface area (Å²) in [6.07, 6.45) is 4.40. The molecule has 5 nitrogen and oxygen atoms in total. The van der Waals surface area contributed by atoms with Crippen molar-refractivity contribution < 1.29 is 17.6 Å². The zero-order valence-electron chi connectivity index (χ0n) is 18.7. The summed E-state index contributed by atoms with van der Waals surface area (Å²) in [7, 11) is 0. The summed E-state index contributed by atoms with van der Waals surface area (Å²) in [6.45, 7) is 0. The quantitative estimate of drug-likeness (QED) is 0.313. The molecule has 1 aromatic carbocycles. The Hall–Kier alpha value is -3.49. The highest BCUT2D eigenvalue weighted by atomic mass is 19.4. The van der Waals surface area contributed by atoms with Crippen LogP contribution in [0.4, 0.5) is 23.4 Å². The van der Waals surface area contributed by atoms with Gasteiger partial charge in [0.2, 0.25) is 0 Å². The van der Waals surface area contributed by atoms with E-state index in [0.29, 0.717) is 51.5 Å². The maximum absolute atomic E-state index is 13.9. The van der Waals surface area contributed by atoms with E-state index in [4.69, 9.17) is 4.98 Å². The highest BCUT2D eigenvalue weighted by Crippen LogP contribution is 2.42. The average molecular weight is 481 g/mol. The van der Waals surface area contributed by atoms with E-state index < -0.39 is 17.6 Å². The Bertz CT molecular complexity index is 1370. The zero-order chi connectivity index (χ0) is 24.2. The molecule has 3 aromatic heterocycles. The second-order valence-electron chi connectivity index (χ2n) is 9.56. The van der Waals surface area contributed by atoms with Gasteiger partial charge in [-0.3, -0.25) is 0 Å². The molecule has 3 aliphatic carbocycles. The first-order chi connectivity index (χ1) is 16.8. The van der Waals surface area contributed by atoms with Crippen LogP contribution < -0.4 is 5.32 Å². The first kappa shape index (κ1) is 22.0. The molecule has 1 unspecified atom stereocenters. The lowest BCUT2D eigenvalue weighted by atomic mass is 9.68. The molecular formula is C26H23F4N5. The molecule has 0 radical (unpaired) electrons. The van der Waals surface area contributed by atoms with E-state index in [-0.39, 0.29) is 0 Å². The minimum absolute atomic E-state index is 0.299. The Labute approximate surface area is 199 Å². The molecule has 9 heteroatoms. The highest BCUT2D eigenvalue weighted by molar-refractivity contribution is 5.92. The molecule has 3 saturated carbocycles. The molecule has 180 valence electrons. The predicted octanol–water partition coefficient (Wildman–Crippen LogP) is 6.84. The Morgan fingerprint density at radius 2 is 1.74 bits per heavy atom. The monoisotopic (exact) mass is 481 g/mol. The molecule has 2 N–H and O–H groups in total. The molecule has 0 saturated heterocycles. The Morgan fingerprint density at radius 3 is 2.43 bits per heavy atom. The second kappa shape index (κ2) is 8.32. The maximum atomic E-state index is 13.9. The van der Waals surface area contributed by atoms with Crippen LogP contribution in [0.5, 0.6) is 0 Å². The summed E-state index contributed by atoms with van der Waals surface area (Å²) in [5, 5.41) is 4.13. The van der Waals surface area contributed by atoms with Crippen LogP contribution in [0.3, 0.4) is 0 Å². The largest absolute Gasteiger partial charge is 0.416 e. The average Bonchev–Trinajstić information content (AvgIpc) is 3.27. The number of aromatic nitrogens is 4. The second-order valence-corrected chi connectivity index (χ2v) is 9.56. The van der Waals surface area contributed by atoms with Crippen molar-refractivity contribution in [2.45, 2.75) is 44.3 Å². The molecule has 3 aliphatic rings. The summed E-state index contributed by atoms with van der Waals surface area (Å²) >= 11 is 0. The molecule has 1 atom stereocenters. The van der Waals surface area contributed by atoms with Crippen LogP contribution in [0.25, 0.3) is 33.7 Å². The third-order valence-electron chi connectivity index (χ3n) is 7.35. The van der Waals surface area contributed by atoms with E-state index in [1.54, 1.807) is 12.3 Å². The number of H-pyrrole nitrogens is 1. The van der Waals surface area contributed by atoms with Gasteiger partial charge in [-0.2, -0.15) is 13.2 Å².